The van der Waals surface area contributed by atoms with Crippen molar-refractivity contribution in [2.45, 2.75) is 24.2 Å². The molecule has 0 aliphatic rings. The molecule has 0 unspecified atom stereocenters. The molecule has 0 heterocycles. The van der Waals surface area contributed by atoms with Crippen LogP contribution in [0.4, 0.5) is 4.39 Å². The van der Waals surface area contributed by atoms with E-state index in [-0.39, 0.29) is 23.1 Å². The van der Waals surface area contributed by atoms with E-state index >= 15 is 0 Å². The van der Waals surface area contributed by atoms with Gasteiger partial charge in [-0.1, -0.05) is 11.6 Å². The summed E-state index contributed by atoms with van der Waals surface area (Å²) in [6.07, 6.45) is 1.97. The average molecular weight is 310 g/mol. The molecule has 19 heavy (non-hydrogen) atoms. The van der Waals surface area contributed by atoms with Gasteiger partial charge in [0.15, 0.2) is 0 Å². The van der Waals surface area contributed by atoms with Crippen LogP contribution < -0.4 is 0 Å². The van der Waals surface area contributed by atoms with E-state index in [4.69, 9.17) is 16.7 Å². The second-order valence-electron chi connectivity index (χ2n) is 4.19. The summed E-state index contributed by atoms with van der Waals surface area (Å²) in [4.78, 5) is -0.374. The zero-order chi connectivity index (χ0) is 14.5. The highest BCUT2D eigenvalue weighted by Crippen LogP contribution is 2.21. The van der Waals surface area contributed by atoms with Crippen molar-refractivity contribution >= 4 is 21.6 Å². The molecule has 108 valence electrons. The second-order valence-corrected chi connectivity index (χ2v) is 6.64. The van der Waals surface area contributed by atoms with Crippen LogP contribution in [-0.2, 0) is 10.0 Å². The summed E-state index contributed by atoms with van der Waals surface area (Å²) in [5, 5.41) is 8.79. The molecule has 0 saturated carbocycles. The topological polar surface area (TPSA) is 57.6 Å². The number of hydrogen-bond acceptors (Lipinski definition) is 3. The molecular weight excluding hydrogens is 293 g/mol. The summed E-state index contributed by atoms with van der Waals surface area (Å²) in [7, 11) is -2.43. The van der Waals surface area contributed by atoms with Gasteiger partial charge in [-0.15, -0.1) is 0 Å². The van der Waals surface area contributed by atoms with Crippen LogP contribution in [0.5, 0.6) is 0 Å². The lowest BCUT2D eigenvalue weighted by Crippen LogP contribution is -2.28. The first-order chi connectivity index (χ1) is 8.89. The highest BCUT2D eigenvalue weighted by molar-refractivity contribution is 7.89. The Morgan fingerprint density at radius 2 is 2.00 bits per heavy atom. The Morgan fingerprint density at radius 3 is 2.58 bits per heavy atom. The monoisotopic (exact) mass is 309 g/mol. The predicted molar refractivity (Wildman–Crippen MR) is 72.2 cm³/mol. The minimum absolute atomic E-state index is 0.0856. The maximum Gasteiger partial charge on any atom is 0.245 e. The van der Waals surface area contributed by atoms with Crippen LogP contribution in [0.25, 0.3) is 0 Å². The molecule has 4 nitrogen and oxygen atoms in total. The molecule has 0 aromatic heterocycles. The van der Waals surface area contributed by atoms with Crippen LogP contribution in [0.3, 0.4) is 0 Å². The third-order valence-electron chi connectivity index (χ3n) is 2.71. The Kier molecular flexibility index (Phi) is 6.19. The lowest BCUT2D eigenvalue weighted by Gasteiger charge is -2.17. The first kappa shape index (κ1) is 16.4. The van der Waals surface area contributed by atoms with Gasteiger partial charge in [-0.05, 0) is 37.5 Å². The smallest absolute Gasteiger partial charge is 0.245 e. The Hall–Kier alpha value is -0.690. The molecule has 0 amide bonds. The summed E-state index contributed by atoms with van der Waals surface area (Å²) in [6.45, 7) is 0.368. The van der Waals surface area contributed by atoms with Gasteiger partial charge in [-0.25, -0.2) is 17.1 Å². The molecule has 0 saturated heterocycles. The number of halogens is 2. The molecule has 0 radical (unpaired) electrons. The number of aliphatic hydroxyl groups is 1. The summed E-state index contributed by atoms with van der Waals surface area (Å²) < 4.78 is 39.0. The summed E-state index contributed by atoms with van der Waals surface area (Å²) >= 11 is 5.59. The third-order valence-corrected chi connectivity index (χ3v) is 4.84. The van der Waals surface area contributed by atoms with Crippen molar-refractivity contribution in [3.8, 4) is 0 Å². The molecule has 1 N–H and O–H groups in total. The molecule has 1 rings (SSSR count). The van der Waals surface area contributed by atoms with E-state index in [2.05, 4.69) is 0 Å². The van der Waals surface area contributed by atoms with Crippen LogP contribution in [0.2, 0.25) is 5.02 Å². The third kappa shape index (κ3) is 4.42. The summed E-state index contributed by atoms with van der Waals surface area (Å²) in [6, 6.07) is 3.49. The maximum absolute atomic E-state index is 13.6. The van der Waals surface area contributed by atoms with E-state index in [1.807, 2.05) is 0 Å². The van der Waals surface area contributed by atoms with Crippen LogP contribution in [0, 0.1) is 5.82 Å². The van der Waals surface area contributed by atoms with E-state index in [1.165, 1.54) is 13.1 Å². The van der Waals surface area contributed by atoms with E-state index in [0.717, 1.165) is 22.9 Å². The van der Waals surface area contributed by atoms with Crippen LogP contribution >= 0.6 is 11.6 Å². The number of rotatable bonds is 7. The first-order valence-electron chi connectivity index (χ1n) is 5.92. The predicted octanol–water partition coefficient (Wildman–Crippen LogP) is 2.26. The minimum Gasteiger partial charge on any atom is -0.396 e. The van der Waals surface area contributed by atoms with Gasteiger partial charge < -0.3 is 5.11 Å². The van der Waals surface area contributed by atoms with Crippen molar-refractivity contribution in [1.29, 1.82) is 0 Å². The van der Waals surface area contributed by atoms with E-state index in [0.29, 0.717) is 12.8 Å². The molecule has 1 aromatic rings. The van der Waals surface area contributed by atoms with Crippen molar-refractivity contribution in [3.63, 3.8) is 0 Å². The number of hydrogen-bond donors (Lipinski definition) is 1. The van der Waals surface area contributed by atoms with Crippen molar-refractivity contribution in [3.05, 3.63) is 29.0 Å². The summed E-state index contributed by atoms with van der Waals surface area (Å²) in [5.74, 6) is -0.852. The Morgan fingerprint density at radius 1 is 1.32 bits per heavy atom. The zero-order valence-electron chi connectivity index (χ0n) is 10.6. The lowest BCUT2D eigenvalue weighted by molar-refractivity contribution is 0.281. The van der Waals surface area contributed by atoms with Crippen molar-refractivity contribution in [2.24, 2.45) is 0 Å². The largest absolute Gasteiger partial charge is 0.396 e. The average Bonchev–Trinajstić information content (AvgIpc) is 2.33. The Labute approximate surface area is 117 Å². The standard InChI is InChI=1S/C12H17ClFNO3S/c1-15(7-3-2-4-8-16)19(17,18)12-6-5-10(13)9-11(12)14/h5-6,9,16H,2-4,7-8H2,1H3. The lowest BCUT2D eigenvalue weighted by atomic mass is 10.2. The van der Waals surface area contributed by atoms with Crippen LogP contribution in [0.1, 0.15) is 19.3 Å². The molecular formula is C12H17ClFNO3S. The molecule has 0 aliphatic carbocycles. The second kappa shape index (κ2) is 7.19. The van der Waals surface area contributed by atoms with E-state index in [9.17, 15) is 12.8 Å². The van der Waals surface area contributed by atoms with Gasteiger partial charge in [0.05, 0.1) is 0 Å². The fourth-order valence-electron chi connectivity index (χ4n) is 1.60. The molecule has 0 spiro atoms. The molecule has 0 atom stereocenters. The van der Waals surface area contributed by atoms with Crippen molar-refractivity contribution < 1.29 is 17.9 Å². The SMILES string of the molecule is CN(CCCCCO)S(=O)(=O)c1ccc(Cl)cc1F. The molecule has 1 aromatic carbocycles. The Bertz CT molecular complexity index is 522. The van der Waals surface area contributed by atoms with Gasteiger partial charge in [0.1, 0.15) is 10.7 Å². The number of aliphatic hydroxyl groups excluding tert-OH is 1. The molecule has 7 heteroatoms. The number of benzene rings is 1. The van der Waals surface area contributed by atoms with Gasteiger partial charge in [-0.3, -0.25) is 0 Å². The van der Waals surface area contributed by atoms with Gasteiger partial charge in [0.25, 0.3) is 0 Å². The van der Waals surface area contributed by atoms with Gasteiger partial charge in [-0.2, -0.15) is 0 Å². The highest BCUT2D eigenvalue weighted by Gasteiger charge is 2.24. The number of sulfonamides is 1. The highest BCUT2D eigenvalue weighted by atomic mass is 35.5. The number of nitrogens with zero attached hydrogens (tertiary/aromatic N) is 1. The molecule has 0 aliphatic heterocycles. The number of unbranched alkanes of at least 4 members (excludes halogenated alkanes) is 2. The fourth-order valence-corrected chi connectivity index (χ4v) is 3.00. The fraction of sp³-hybridized carbons (Fsp3) is 0.500. The van der Waals surface area contributed by atoms with Gasteiger partial charge in [0, 0.05) is 25.2 Å². The summed E-state index contributed by atoms with van der Waals surface area (Å²) in [5.41, 5.74) is 0. The van der Waals surface area contributed by atoms with Crippen LogP contribution in [0.15, 0.2) is 23.1 Å². The Balaban J connectivity index is 2.79. The first-order valence-corrected chi connectivity index (χ1v) is 7.73. The minimum atomic E-state index is -3.84. The maximum atomic E-state index is 13.6. The van der Waals surface area contributed by atoms with E-state index < -0.39 is 15.8 Å². The van der Waals surface area contributed by atoms with Crippen LogP contribution in [-0.4, -0.2) is 38.0 Å². The van der Waals surface area contributed by atoms with Gasteiger partial charge >= 0.3 is 0 Å². The molecule has 0 fully saturated rings. The van der Waals surface area contributed by atoms with Crippen molar-refractivity contribution in [1.82, 2.24) is 4.31 Å². The molecule has 0 bridgehead atoms. The normalized spacial score (nSPS) is 12.1. The van der Waals surface area contributed by atoms with Gasteiger partial charge in [0.2, 0.25) is 10.0 Å². The quantitative estimate of drug-likeness (QED) is 0.786. The zero-order valence-corrected chi connectivity index (χ0v) is 12.2. The van der Waals surface area contributed by atoms with Crippen molar-refractivity contribution in [2.75, 3.05) is 20.2 Å². The van der Waals surface area contributed by atoms with E-state index in [1.54, 1.807) is 0 Å².